The third-order valence-electron chi connectivity index (χ3n) is 5.65. The normalized spacial score (nSPS) is 14.7. The first-order valence-electron chi connectivity index (χ1n) is 10.4. The minimum Gasteiger partial charge on any atom is -0.480 e. The van der Waals surface area contributed by atoms with Crippen LogP contribution in [0.4, 0.5) is 0 Å². The van der Waals surface area contributed by atoms with E-state index in [4.69, 9.17) is 13.9 Å². The summed E-state index contributed by atoms with van der Waals surface area (Å²) in [7, 11) is 3.14. The first kappa shape index (κ1) is 22.2. The van der Waals surface area contributed by atoms with Crippen molar-refractivity contribution in [1.29, 1.82) is 0 Å². The predicted octanol–water partition coefficient (Wildman–Crippen LogP) is 3.09. The Morgan fingerprint density at radius 2 is 2.00 bits per heavy atom. The molecule has 170 valence electrons. The zero-order valence-corrected chi connectivity index (χ0v) is 19.4. The Kier molecular flexibility index (Phi) is 6.43. The number of nitrogens with zero attached hydrogens (tertiary/aromatic N) is 3. The number of thiophene rings is 1. The monoisotopic (exact) mass is 458 g/mol. The number of amides is 2. The summed E-state index contributed by atoms with van der Waals surface area (Å²) in [6.07, 6.45) is 2.88. The minimum atomic E-state index is -0.213. The maximum absolute atomic E-state index is 13.3. The van der Waals surface area contributed by atoms with Crippen molar-refractivity contribution in [3.63, 3.8) is 0 Å². The number of carbonyl (C=O) groups excluding carboxylic acids is 2. The van der Waals surface area contributed by atoms with Gasteiger partial charge in [0, 0.05) is 31.8 Å². The summed E-state index contributed by atoms with van der Waals surface area (Å²) < 4.78 is 15.9. The van der Waals surface area contributed by atoms with Gasteiger partial charge in [0.2, 0.25) is 5.88 Å². The van der Waals surface area contributed by atoms with E-state index in [0.29, 0.717) is 53.1 Å². The molecule has 1 saturated heterocycles. The fourth-order valence-electron chi connectivity index (χ4n) is 3.92. The van der Waals surface area contributed by atoms with Crippen LogP contribution >= 0.6 is 11.3 Å². The number of methoxy groups -OCH3 is 2. The molecular weight excluding hydrogens is 432 g/mol. The summed E-state index contributed by atoms with van der Waals surface area (Å²) in [5.74, 6) is 1.06. The highest BCUT2D eigenvalue weighted by Crippen LogP contribution is 2.36. The van der Waals surface area contributed by atoms with Crippen molar-refractivity contribution in [2.75, 3.05) is 27.3 Å². The highest BCUT2D eigenvalue weighted by Gasteiger charge is 2.29. The molecule has 0 aliphatic carbocycles. The van der Waals surface area contributed by atoms with Crippen LogP contribution in [0.3, 0.4) is 0 Å². The summed E-state index contributed by atoms with van der Waals surface area (Å²) in [5.41, 5.74) is 1.63. The molecule has 0 saturated carbocycles. The van der Waals surface area contributed by atoms with Crippen molar-refractivity contribution in [3.05, 3.63) is 39.9 Å². The maximum Gasteiger partial charge on any atom is 0.287 e. The lowest BCUT2D eigenvalue weighted by Crippen LogP contribution is -2.46. The van der Waals surface area contributed by atoms with Gasteiger partial charge in [0.05, 0.1) is 23.6 Å². The number of fused-ring (bicyclic) bond motifs is 1. The number of hydrogen-bond donors (Lipinski definition) is 1. The Balaban J connectivity index is 1.46. The smallest absolute Gasteiger partial charge is 0.287 e. The summed E-state index contributed by atoms with van der Waals surface area (Å²) in [6.45, 7) is 5.12. The van der Waals surface area contributed by atoms with E-state index in [-0.39, 0.29) is 24.5 Å². The third kappa shape index (κ3) is 4.20. The van der Waals surface area contributed by atoms with E-state index in [1.807, 2.05) is 18.7 Å². The summed E-state index contributed by atoms with van der Waals surface area (Å²) in [6, 6.07) is 1.77. The van der Waals surface area contributed by atoms with Gasteiger partial charge in [-0.25, -0.2) is 4.98 Å². The molecule has 0 radical (unpaired) electrons. The molecule has 4 heterocycles. The van der Waals surface area contributed by atoms with E-state index in [1.165, 1.54) is 17.6 Å². The van der Waals surface area contributed by atoms with Crippen molar-refractivity contribution < 1.29 is 23.5 Å². The average Bonchev–Trinajstić information content (AvgIpc) is 3.36. The SMILES string of the molecule is COCc1nc(OC)c2c(C)c(C(=O)N3CCC(NC(=O)c4occc4C)CC3)sc2n1. The van der Waals surface area contributed by atoms with Crippen molar-refractivity contribution in [2.45, 2.75) is 39.3 Å². The molecule has 0 bridgehead atoms. The lowest BCUT2D eigenvalue weighted by atomic mass is 10.0. The number of furan rings is 1. The Bertz CT molecular complexity index is 1150. The second-order valence-electron chi connectivity index (χ2n) is 7.79. The van der Waals surface area contributed by atoms with Crippen molar-refractivity contribution >= 4 is 33.4 Å². The van der Waals surface area contributed by atoms with Gasteiger partial charge in [-0.2, -0.15) is 4.98 Å². The molecular formula is C22H26N4O5S. The lowest BCUT2D eigenvalue weighted by molar-refractivity contribution is 0.0699. The van der Waals surface area contributed by atoms with Crippen LogP contribution in [-0.2, 0) is 11.3 Å². The summed E-state index contributed by atoms with van der Waals surface area (Å²) in [5, 5.41) is 3.77. The van der Waals surface area contributed by atoms with Crippen LogP contribution in [-0.4, -0.2) is 60.0 Å². The first-order chi connectivity index (χ1) is 15.4. The zero-order valence-electron chi connectivity index (χ0n) is 18.6. The average molecular weight is 459 g/mol. The van der Waals surface area contributed by atoms with Crippen LogP contribution in [0.25, 0.3) is 10.2 Å². The largest absolute Gasteiger partial charge is 0.480 e. The minimum absolute atomic E-state index is 0.00196. The maximum atomic E-state index is 13.3. The van der Waals surface area contributed by atoms with Gasteiger partial charge in [-0.05, 0) is 38.3 Å². The number of aromatic nitrogens is 2. The van der Waals surface area contributed by atoms with Crippen LogP contribution in [0.5, 0.6) is 5.88 Å². The molecule has 9 nitrogen and oxygen atoms in total. The van der Waals surface area contributed by atoms with Gasteiger partial charge < -0.3 is 24.1 Å². The Morgan fingerprint density at radius 1 is 1.25 bits per heavy atom. The van der Waals surface area contributed by atoms with E-state index in [2.05, 4.69) is 15.3 Å². The molecule has 32 heavy (non-hydrogen) atoms. The highest BCUT2D eigenvalue weighted by atomic mass is 32.1. The van der Waals surface area contributed by atoms with Gasteiger partial charge in [0.25, 0.3) is 11.8 Å². The molecule has 1 aliphatic heterocycles. The number of carbonyl (C=O) groups is 2. The molecule has 10 heteroatoms. The third-order valence-corrected chi connectivity index (χ3v) is 6.82. The number of rotatable bonds is 6. The second kappa shape index (κ2) is 9.25. The Labute approximate surface area is 189 Å². The van der Waals surface area contributed by atoms with Gasteiger partial charge in [0.1, 0.15) is 11.4 Å². The molecule has 1 fully saturated rings. The summed E-state index contributed by atoms with van der Waals surface area (Å²) >= 11 is 1.35. The quantitative estimate of drug-likeness (QED) is 0.605. The zero-order chi connectivity index (χ0) is 22.8. The molecule has 0 atom stereocenters. The van der Waals surface area contributed by atoms with Crippen molar-refractivity contribution in [2.24, 2.45) is 0 Å². The van der Waals surface area contributed by atoms with E-state index < -0.39 is 0 Å². The van der Waals surface area contributed by atoms with Gasteiger partial charge >= 0.3 is 0 Å². The number of aryl methyl sites for hydroxylation is 2. The molecule has 4 rings (SSSR count). The molecule has 0 spiro atoms. The van der Waals surface area contributed by atoms with E-state index >= 15 is 0 Å². The van der Waals surface area contributed by atoms with Crippen LogP contribution < -0.4 is 10.1 Å². The molecule has 0 unspecified atom stereocenters. The fourth-order valence-corrected chi connectivity index (χ4v) is 5.07. The van der Waals surface area contributed by atoms with Crippen molar-refractivity contribution in [1.82, 2.24) is 20.2 Å². The van der Waals surface area contributed by atoms with Gasteiger partial charge in [-0.1, -0.05) is 0 Å². The number of ether oxygens (including phenoxy) is 2. The molecule has 1 N–H and O–H groups in total. The Morgan fingerprint density at radius 3 is 2.62 bits per heavy atom. The van der Waals surface area contributed by atoms with E-state index in [9.17, 15) is 9.59 Å². The van der Waals surface area contributed by atoms with Crippen molar-refractivity contribution in [3.8, 4) is 5.88 Å². The summed E-state index contributed by atoms with van der Waals surface area (Å²) in [4.78, 5) is 37.8. The topological polar surface area (TPSA) is 107 Å². The van der Waals surface area contributed by atoms with E-state index in [0.717, 1.165) is 16.5 Å². The number of likely N-dealkylation sites (tertiary alicyclic amines) is 1. The predicted molar refractivity (Wildman–Crippen MR) is 119 cm³/mol. The number of hydrogen-bond acceptors (Lipinski definition) is 8. The van der Waals surface area contributed by atoms with E-state index in [1.54, 1.807) is 20.3 Å². The molecule has 2 amide bonds. The molecule has 3 aromatic heterocycles. The van der Waals surface area contributed by atoms with Crippen LogP contribution in [0.1, 0.15) is 50.0 Å². The number of piperidine rings is 1. The Hall–Kier alpha value is -2.98. The first-order valence-corrected chi connectivity index (χ1v) is 11.2. The van der Waals surface area contributed by atoms with Gasteiger partial charge in [0.15, 0.2) is 11.6 Å². The molecule has 1 aliphatic rings. The van der Waals surface area contributed by atoms with Crippen LogP contribution in [0.15, 0.2) is 16.7 Å². The van der Waals surface area contributed by atoms with Crippen LogP contribution in [0, 0.1) is 13.8 Å². The molecule has 3 aromatic rings. The highest BCUT2D eigenvalue weighted by molar-refractivity contribution is 7.20. The fraction of sp³-hybridized carbons (Fsp3) is 0.455. The second-order valence-corrected chi connectivity index (χ2v) is 8.79. The van der Waals surface area contributed by atoms with Gasteiger partial charge in [-0.3, -0.25) is 9.59 Å². The van der Waals surface area contributed by atoms with Crippen LogP contribution in [0.2, 0.25) is 0 Å². The van der Waals surface area contributed by atoms with Gasteiger partial charge in [-0.15, -0.1) is 11.3 Å². The number of nitrogens with one attached hydrogen (secondary N) is 1. The molecule has 0 aromatic carbocycles. The standard InChI is InChI=1S/C22H26N4O5S/c1-12-7-10-31-17(12)19(27)23-14-5-8-26(9-6-14)22(28)18-13(2)16-20(30-4)24-15(11-29-3)25-21(16)32-18/h7,10,14H,5-6,8-9,11H2,1-4H3,(H,23,27). The lowest BCUT2D eigenvalue weighted by Gasteiger charge is -2.32.